The second-order valence-electron chi connectivity index (χ2n) is 4.82. The Morgan fingerprint density at radius 1 is 1.29 bits per heavy atom. The number of phenolic OH excluding ortho intramolecular Hbond substituents is 1. The van der Waals surface area contributed by atoms with Crippen LogP contribution in [0.3, 0.4) is 0 Å². The van der Waals surface area contributed by atoms with E-state index in [9.17, 15) is 13.5 Å². The molecule has 0 aliphatic carbocycles. The molecule has 1 N–H and O–H groups in total. The highest BCUT2D eigenvalue weighted by molar-refractivity contribution is 14.1. The van der Waals surface area contributed by atoms with Crippen molar-refractivity contribution in [2.24, 2.45) is 9.50 Å². The van der Waals surface area contributed by atoms with Crippen LogP contribution in [-0.2, 0) is 10.0 Å². The van der Waals surface area contributed by atoms with Crippen molar-refractivity contribution in [3.8, 4) is 11.5 Å². The van der Waals surface area contributed by atoms with Crippen molar-refractivity contribution < 1.29 is 18.3 Å². The zero-order chi connectivity index (χ0) is 17.3. The fourth-order valence-electron chi connectivity index (χ4n) is 2.17. The van der Waals surface area contributed by atoms with Crippen molar-refractivity contribution in [1.29, 1.82) is 0 Å². The Kier molecular flexibility index (Phi) is 4.45. The molecule has 124 valence electrons. The molecule has 24 heavy (non-hydrogen) atoms. The Balaban J connectivity index is 1.90. The molecule has 0 fully saturated rings. The maximum Gasteiger partial charge on any atom is 0.285 e. The first-order chi connectivity index (χ1) is 11.4. The lowest BCUT2D eigenvalue weighted by atomic mass is 10.2. The van der Waals surface area contributed by atoms with Crippen LogP contribution < -0.4 is 4.74 Å². The third-order valence-corrected chi connectivity index (χ3v) is 5.33. The van der Waals surface area contributed by atoms with Crippen molar-refractivity contribution in [1.82, 2.24) is 3.22 Å². The quantitative estimate of drug-likeness (QED) is 0.331. The Morgan fingerprint density at radius 2 is 2.04 bits per heavy atom. The molecule has 0 saturated carbocycles. The van der Waals surface area contributed by atoms with E-state index >= 15 is 0 Å². The number of fused-ring (bicyclic) bond motifs is 1. The van der Waals surface area contributed by atoms with Crippen molar-refractivity contribution in [3.63, 3.8) is 0 Å². The summed E-state index contributed by atoms with van der Waals surface area (Å²) in [6.07, 6.45) is 1.52. The Morgan fingerprint density at radius 3 is 2.79 bits per heavy atom. The molecule has 0 saturated heterocycles. The Bertz CT molecular complexity index is 957. The summed E-state index contributed by atoms with van der Waals surface area (Å²) in [7, 11) is -2.23. The molecular weight excluding hydrogens is 445 g/mol. The predicted octanol–water partition coefficient (Wildman–Crippen LogP) is 2.54. The van der Waals surface area contributed by atoms with Crippen LogP contribution >= 0.6 is 22.9 Å². The number of methoxy groups -OCH3 is 1. The van der Waals surface area contributed by atoms with Crippen molar-refractivity contribution in [3.05, 3.63) is 53.6 Å². The van der Waals surface area contributed by atoms with E-state index in [4.69, 9.17) is 4.74 Å². The third kappa shape index (κ3) is 3.08. The molecule has 1 aliphatic rings. The second-order valence-corrected chi connectivity index (χ2v) is 7.31. The van der Waals surface area contributed by atoms with Crippen molar-refractivity contribution in [2.45, 2.75) is 4.90 Å². The number of hydrazone groups is 1. The van der Waals surface area contributed by atoms with Crippen LogP contribution in [0.5, 0.6) is 11.5 Å². The number of benzene rings is 2. The van der Waals surface area contributed by atoms with Gasteiger partial charge in [-0.3, -0.25) is 0 Å². The van der Waals surface area contributed by atoms with Crippen LogP contribution in [-0.4, -0.2) is 35.9 Å². The molecule has 0 atom stereocenters. The fourth-order valence-corrected chi connectivity index (χ4v) is 4.00. The average molecular weight is 457 g/mol. The second kappa shape index (κ2) is 6.40. The number of aromatic hydroxyl groups is 1. The summed E-state index contributed by atoms with van der Waals surface area (Å²) in [5, 5.41) is 13.8. The van der Waals surface area contributed by atoms with Gasteiger partial charge in [0.25, 0.3) is 10.0 Å². The lowest BCUT2D eigenvalue weighted by Crippen LogP contribution is -2.15. The van der Waals surface area contributed by atoms with Gasteiger partial charge in [0.1, 0.15) is 4.90 Å². The van der Waals surface area contributed by atoms with Gasteiger partial charge in [0.15, 0.2) is 17.3 Å². The zero-order valence-electron chi connectivity index (χ0n) is 12.4. The zero-order valence-corrected chi connectivity index (χ0v) is 15.4. The topological polar surface area (TPSA) is 91.6 Å². The molecule has 0 radical (unpaired) electrons. The minimum Gasteiger partial charge on any atom is -0.504 e. The number of hydrogen-bond acceptors (Lipinski definition) is 6. The van der Waals surface area contributed by atoms with Gasteiger partial charge in [-0.25, -0.2) is 0 Å². The molecule has 0 spiro atoms. The van der Waals surface area contributed by atoms with E-state index < -0.39 is 10.0 Å². The minimum atomic E-state index is -3.68. The summed E-state index contributed by atoms with van der Waals surface area (Å²) in [5.41, 5.74) is 1.19. The van der Waals surface area contributed by atoms with Gasteiger partial charge < -0.3 is 9.84 Å². The summed E-state index contributed by atoms with van der Waals surface area (Å²) in [5.74, 6) is 0.597. The summed E-state index contributed by atoms with van der Waals surface area (Å²) in [6, 6.07) is 11.4. The van der Waals surface area contributed by atoms with Crippen LogP contribution in [0.2, 0.25) is 0 Å². The molecule has 1 aliphatic heterocycles. The molecule has 7 nitrogen and oxygen atoms in total. The first-order valence-electron chi connectivity index (χ1n) is 6.73. The molecule has 3 rings (SSSR count). The van der Waals surface area contributed by atoms with Gasteiger partial charge in [0.05, 0.1) is 36.2 Å². The predicted molar refractivity (Wildman–Crippen MR) is 98.3 cm³/mol. The Hall–Kier alpha value is -2.14. The van der Waals surface area contributed by atoms with Gasteiger partial charge in [-0.1, -0.05) is 12.1 Å². The molecule has 0 unspecified atom stereocenters. The molecule has 0 bridgehead atoms. The summed E-state index contributed by atoms with van der Waals surface area (Å²) >= 11 is 1.87. The van der Waals surface area contributed by atoms with E-state index in [1.807, 2.05) is 22.9 Å². The highest BCUT2D eigenvalue weighted by Crippen LogP contribution is 2.29. The van der Waals surface area contributed by atoms with Gasteiger partial charge in [-0.05, 0) is 35.9 Å². The van der Waals surface area contributed by atoms with Crippen LogP contribution in [0.25, 0.3) is 0 Å². The largest absolute Gasteiger partial charge is 0.504 e. The van der Waals surface area contributed by atoms with Crippen LogP contribution in [0.1, 0.15) is 11.1 Å². The highest BCUT2D eigenvalue weighted by Gasteiger charge is 2.31. The maximum absolute atomic E-state index is 12.0. The highest BCUT2D eigenvalue weighted by atomic mass is 127. The van der Waals surface area contributed by atoms with Gasteiger partial charge in [0, 0.05) is 5.56 Å². The summed E-state index contributed by atoms with van der Waals surface area (Å²) in [4.78, 5) is 0.170. The number of sulfonamides is 1. The number of hydrogen-bond donors (Lipinski definition) is 1. The van der Waals surface area contributed by atoms with E-state index in [-0.39, 0.29) is 16.5 Å². The van der Waals surface area contributed by atoms with Crippen molar-refractivity contribution in [2.75, 3.05) is 7.11 Å². The minimum absolute atomic E-state index is 0.0289. The molecule has 0 aromatic heterocycles. The molecule has 0 amide bonds. The van der Waals surface area contributed by atoms with Crippen LogP contribution in [0.15, 0.2) is 56.9 Å². The van der Waals surface area contributed by atoms with E-state index in [0.29, 0.717) is 16.9 Å². The van der Waals surface area contributed by atoms with Crippen molar-refractivity contribution >= 4 is 44.9 Å². The van der Waals surface area contributed by atoms with Gasteiger partial charge in [-0.2, -0.15) is 16.7 Å². The van der Waals surface area contributed by atoms with Crippen LogP contribution in [0, 0.1) is 0 Å². The third-order valence-electron chi connectivity index (χ3n) is 3.30. The van der Waals surface area contributed by atoms with Gasteiger partial charge in [-0.15, -0.1) is 4.40 Å². The van der Waals surface area contributed by atoms with Gasteiger partial charge >= 0.3 is 0 Å². The molecule has 9 heteroatoms. The monoisotopic (exact) mass is 457 g/mol. The molecule has 1 heterocycles. The van der Waals surface area contributed by atoms with E-state index in [2.05, 4.69) is 9.50 Å². The normalized spacial score (nSPS) is 15.2. The van der Waals surface area contributed by atoms with E-state index in [0.717, 1.165) is 0 Å². The number of rotatable bonds is 3. The van der Waals surface area contributed by atoms with E-state index in [1.165, 1.54) is 28.7 Å². The molecular formula is C15H12IN3O4S. The van der Waals surface area contributed by atoms with Gasteiger partial charge in [0.2, 0.25) is 0 Å². The smallest absolute Gasteiger partial charge is 0.285 e. The summed E-state index contributed by atoms with van der Waals surface area (Å²) < 4.78 is 34.3. The number of halogens is 1. The summed E-state index contributed by atoms with van der Waals surface area (Å²) in [6.45, 7) is 0. The lowest BCUT2D eigenvalue weighted by molar-refractivity contribution is 0.373. The maximum atomic E-state index is 12.0. The Labute approximate surface area is 152 Å². The number of amidine groups is 1. The number of ether oxygens (including phenoxy) is 1. The average Bonchev–Trinajstić information content (AvgIpc) is 2.86. The lowest BCUT2D eigenvalue weighted by Gasteiger charge is -2.09. The number of nitrogens with zero attached hydrogens (tertiary/aromatic N) is 3. The first kappa shape index (κ1) is 16.7. The van der Waals surface area contributed by atoms with Crippen LogP contribution in [0.4, 0.5) is 0 Å². The molecule has 2 aromatic carbocycles. The SMILES string of the molecule is COc1cc(/C=N/N(I)C2=NS(=O)(=O)c3ccccc32)ccc1O. The standard InChI is InChI=1S/C15H12IN3O4S/c1-23-13-8-10(6-7-12(13)20)9-17-19(16)15-11-4-2-3-5-14(11)24(21,22)18-15/h2-9,20H,1H3/b17-9+. The molecule has 2 aromatic rings. The fraction of sp³-hybridized carbons (Fsp3) is 0.0667. The van der Waals surface area contributed by atoms with E-state index in [1.54, 1.807) is 30.3 Å². The first-order valence-corrected chi connectivity index (χ1v) is 9.14. The number of phenols is 1.